The van der Waals surface area contributed by atoms with Crippen LogP contribution in [0.5, 0.6) is 5.75 Å². The molecule has 0 unspecified atom stereocenters. The van der Waals surface area contributed by atoms with Crippen LogP contribution in [0.4, 0.5) is 17.3 Å². The Labute approximate surface area is 135 Å². The van der Waals surface area contributed by atoms with Crippen LogP contribution < -0.4 is 10.6 Å². The van der Waals surface area contributed by atoms with Crippen LogP contribution in [0, 0.1) is 0 Å². The predicted molar refractivity (Wildman–Crippen MR) is 86.0 cm³/mol. The van der Waals surface area contributed by atoms with Crippen molar-refractivity contribution in [2.75, 3.05) is 10.6 Å². The molecule has 0 aliphatic rings. The summed E-state index contributed by atoms with van der Waals surface area (Å²) in [6.07, 6.45) is 3.90. The lowest BCUT2D eigenvalue weighted by Gasteiger charge is -2.10. The quantitative estimate of drug-likeness (QED) is 0.501. The van der Waals surface area contributed by atoms with Crippen molar-refractivity contribution in [1.82, 2.24) is 19.6 Å². The molecule has 0 spiro atoms. The molecule has 1 amide bonds. The normalized spacial score (nSPS) is 10.5. The highest BCUT2D eigenvalue weighted by molar-refractivity contribution is 6.29. The molecule has 9 heteroatoms. The zero-order chi connectivity index (χ0) is 16.4. The van der Waals surface area contributed by atoms with Crippen LogP contribution in [0.15, 0.2) is 43.2 Å². The molecule has 0 saturated carbocycles. The Morgan fingerprint density at radius 2 is 2.26 bits per heavy atom. The number of carbonyl (C=O) groups excluding carboxylic acids is 1. The molecule has 0 bridgehead atoms. The Bertz CT molecular complexity index is 907. The summed E-state index contributed by atoms with van der Waals surface area (Å²) < 4.78 is 1.54. The SMILES string of the molecule is C=CC(=O)Nc1cc(Nc2cc(Cl)nc3ccnn23)ncc1O. The van der Waals surface area contributed by atoms with Crippen LogP contribution in [0.1, 0.15) is 0 Å². The Hall–Kier alpha value is -3.13. The summed E-state index contributed by atoms with van der Waals surface area (Å²) in [5.74, 6) is 0.298. The van der Waals surface area contributed by atoms with Gasteiger partial charge in [0.1, 0.15) is 16.8 Å². The number of pyridine rings is 1. The van der Waals surface area contributed by atoms with E-state index in [0.717, 1.165) is 6.08 Å². The minimum Gasteiger partial charge on any atom is -0.504 e. The molecule has 3 aromatic rings. The van der Waals surface area contributed by atoms with Crippen LogP contribution in [0.2, 0.25) is 5.15 Å². The first kappa shape index (κ1) is 14.8. The summed E-state index contributed by atoms with van der Waals surface area (Å²) in [6, 6.07) is 4.76. The standard InChI is InChI=1S/C14H11ClN6O2/c1-2-14(23)18-8-5-11(16-7-9(8)22)20-13-6-10(15)19-12-3-4-17-21(12)13/h2-7,22H,1H2,(H2,16,18,20,23). The van der Waals surface area contributed by atoms with Crippen LogP contribution in [-0.2, 0) is 4.79 Å². The van der Waals surface area contributed by atoms with Crippen molar-refractivity contribution >= 4 is 40.5 Å². The monoisotopic (exact) mass is 330 g/mol. The highest BCUT2D eigenvalue weighted by atomic mass is 35.5. The first-order valence-electron chi connectivity index (χ1n) is 6.46. The van der Waals surface area contributed by atoms with Gasteiger partial charge in [0.25, 0.3) is 0 Å². The third kappa shape index (κ3) is 3.06. The minimum atomic E-state index is -0.445. The van der Waals surface area contributed by atoms with Gasteiger partial charge in [-0.2, -0.15) is 9.61 Å². The lowest BCUT2D eigenvalue weighted by Crippen LogP contribution is -2.08. The third-order valence-electron chi connectivity index (χ3n) is 2.91. The maximum Gasteiger partial charge on any atom is 0.247 e. The summed E-state index contributed by atoms with van der Waals surface area (Å²) in [5.41, 5.74) is 0.767. The summed E-state index contributed by atoms with van der Waals surface area (Å²) >= 11 is 5.97. The summed E-state index contributed by atoms with van der Waals surface area (Å²) in [5, 5.41) is 19.7. The molecule has 3 heterocycles. The number of nitrogens with zero attached hydrogens (tertiary/aromatic N) is 4. The second-order valence-electron chi connectivity index (χ2n) is 4.47. The molecular formula is C14H11ClN6O2. The number of fused-ring (bicyclic) bond motifs is 1. The Morgan fingerprint density at radius 3 is 3.04 bits per heavy atom. The van der Waals surface area contributed by atoms with E-state index in [1.807, 2.05) is 0 Å². The molecule has 8 nitrogen and oxygen atoms in total. The molecule has 116 valence electrons. The van der Waals surface area contributed by atoms with Crippen molar-refractivity contribution < 1.29 is 9.90 Å². The van der Waals surface area contributed by atoms with E-state index in [4.69, 9.17) is 11.6 Å². The van der Waals surface area contributed by atoms with Gasteiger partial charge in [0.2, 0.25) is 5.91 Å². The van der Waals surface area contributed by atoms with Gasteiger partial charge in [-0.25, -0.2) is 9.97 Å². The molecule has 0 fully saturated rings. The van der Waals surface area contributed by atoms with Crippen molar-refractivity contribution in [2.45, 2.75) is 0 Å². The second kappa shape index (κ2) is 5.93. The number of carbonyl (C=O) groups is 1. The van der Waals surface area contributed by atoms with Gasteiger partial charge < -0.3 is 15.7 Å². The number of amides is 1. The van der Waals surface area contributed by atoms with Crippen LogP contribution in [0.25, 0.3) is 5.65 Å². The van der Waals surface area contributed by atoms with Crippen LogP contribution in [-0.4, -0.2) is 30.6 Å². The van der Waals surface area contributed by atoms with Gasteiger partial charge in [-0.3, -0.25) is 4.79 Å². The highest BCUT2D eigenvalue weighted by Gasteiger charge is 2.09. The van der Waals surface area contributed by atoms with E-state index < -0.39 is 5.91 Å². The molecule has 0 aliphatic heterocycles. The van der Waals surface area contributed by atoms with Gasteiger partial charge >= 0.3 is 0 Å². The van der Waals surface area contributed by atoms with E-state index in [2.05, 4.69) is 32.3 Å². The van der Waals surface area contributed by atoms with Gasteiger partial charge in [-0.1, -0.05) is 18.2 Å². The number of hydrogen-bond donors (Lipinski definition) is 3. The minimum absolute atomic E-state index is 0.164. The van der Waals surface area contributed by atoms with E-state index >= 15 is 0 Å². The number of nitrogens with one attached hydrogen (secondary N) is 2. The van der Waals surface area contributed by atoms with Crippen molar-refractivity contribution in [2.24, 2.45) is 0 Å². The molecule has 3 rings (SSSR count). The Balaban J connectivity index is 1.96. The Kier molecular flexibility index (Phi) is 3.82. The van der Waals surface area contributed by atoms with Crippen LogP contribution >= 0.6 is 11.6 Å². The van der Waals surface area contributed by atoms with Gasteiger partial charge in [0.15, 0.2) is 11.4 Å². The van der Waals surface area contributed by atoms with Crippen molar-refractivity contribution in [3.8, 4) is 5.75 Å². The molecule has 0 aliphatic carbocycles. The van der Waals surface area contributed by atoms with E-state index in [0.29, 0.717) is 22.4 Å². The first-order chi connectivity index (χ1) is 11.1. The smallest absolute Gasteiger partial charge is 0.247 e. The second-order valence-corrected chi connectivity index (χ2v) is 4.86. The van der Waals surface area contributed by atoms with Crippen molar-refractivity contribution in [3.05, 3.63) is 48.4 Å². The molecule has 3 N–H and O–H groups in total. The molecule has 0 saturated heterocycles. The zero-order valence-electron chi connectivity index (χ0n) is 11.7. The van der Waals surface area contributed by atoms with Crippen LogP contribution in [0.3, 0.4) is 0 Å². The topological polar surface area (TPSA) is 104 Å². The van der Waals surface area contributed by atoms with Crippen molar-refractivity contribution in [1.29, 1.82) is 0 Å². The fourth-order valence-corrected chi connectivity index (χ4v) is 2.09. The largest absolute Gasteiger partial charge is 0.504 e. The van der Waals surface area contributed by atoms with Gasteiger partial charge in [-0.15, -0.1) is 0 Å². The summed E-state index contributed by atoms with van der Waals surface area (Å²) in [7, 11) is 0. The maximum atomic E-state index is 11.4. The van der Waals surface area contributed by atoms with Gasteiger partial charge in [-0.05, 0) is 6.08 Å². The fourth-order valence-electron chi connectivity index (χ4n) is 1.90. The predicted octanol–water partition coefficient (Wildman–Crippen LogP) is 2.35. The number of aromatic nitrogens is 4. The Morgan fingerprint density at radius 1 is 1.43 bits per heavy atom. The molecular weight excluding hydrogens is 320 g/mol. The molecule has 0 aromatic carbocycles. The maximum absolute atomic E-state index is 11.4. The highest BCUT2D eigenvalue weighted by Crippen LogP contribution is 2.27. The number of halogens is 1. The van der Waals surface area contributed by atoms with Gasteiger partial charge in [0.05, 0.1) is 18.1 Å². The molecule has 0 atom stereocenters. The van der Waals surface area contributed by atoms with E-state index in [1.165, 1.54) is 12.3 Å². The average molecular weight is 331 g/mol. The number of rotatable bonds is 4. The van der Waals surface area contributed by atoms with Crippen molar-refractivity contribution in [3.63, 3.8) is 0 Å². The third-order valence-corrected chi connectivity index (χ3v) is 3.10. The number of hydrogen-bond acceptors (Lipinski definition) is 6. The zero-order valence-corrected chi connectivity index (χ0v) is 12.4. The molecule has 0 radical (unpaired) electrons. The molecule has 3 aromatic heterocycles. The summed E-state index contributed by atoms with van der Waals surface area (Å²) in [6.45, 7) is 3.36. The lowest BCUT2D eigenvalue weighted by molar-refractivity contribution is -0.111. The number of anilines is 3. The van der Waals surface area contributed by atoms with E-state index in [9.17, 15) is 9.90 Å². The number of aromatic hydroxyl groups is 1. The van der Waals surface area contributed by atoms with Gasteiger partial charge in [0, 0.05) is 18.2 Å². The average Bonchev–Trinajstić information content (AvgIpc) is 2.98. The summed E-state index contributed by atoms with van der Waals surface area (Å²) in [4.78, 5) is 19.5. The van der Waals surface area contributed by atoms with E-state index in [-0.39, 0.29) is 11.4 Å². The molecule has 23 heavy (non-hydrogen) atoms. The fraction of sp³-hybridized carbons (Fsp3) is 0. The first-order valence-corrected chi connectivity index (χ1v) is 6.84. The van der Waals surface area contributed by atoms with E-state index in [1.54, 1.807) is 22.8 Å². The lowest BCUT2D eigenvalue weighted by atomic mass is 10.3.